The zero-order chi connectivity index (χ0) is 28.4. The predicted octanol–water partition coefficient (Wildman–Crippen LogP) is 9.04. The van der Waals surface area contributed by atoms with E-state index in [9.17, 15) is 9.59 Å². The lowest BCUT2D eigenvalue weighted by Crippen LogP contribution is -2.51. The second-order valence-corrected chi connectivity index (χ2v) is 16.7. The fourth-order valence-electron chi connectivity index (χ4n) is 9.79. The summed E-state index contributed by atoms with van der Waals surface area (Å²) in [5.41, 5.74) is 2.31. The Morgan fingerprint density at radius 3 is 2.46 bits per heavy atom. The zero-order valence-electron chi connectivity index (χ0n) is 25.4. The van der Waals surface area contributed by atoms with Crippen LogP contribution in [0.3, 0.4) is 0 Å². The molecule has 4 aliphatic rings. The number of carbonyl (C=O) groups is 2. The summed E-state index contributed by atoms with van der Waals surface area (Å²) in [6, 6.07) is 0. The number of fused-ring (bicyclic) bond motifs is 5. The van der Waals surface area contributed by atoms with Crippen LogP contribution in [-0.2, 0) is 14.3 Å². The van der Waals surface area contributed by atoms with E-state index < -0.39 is 5.97 Å². The first kappa shape index (κ1) is 31.3. The van der Waals surface area contributed by atoms with Crippen LogP contribution in [0.5, 0.6) is 0 Å². The molecule has 4 rings (SSSR count). The molecule has 0 saturated heterocycles. The first-order chi connectivity index (χ1) is 18.5. The lowest BCUT2D eigenvalue weighted by molar-refractivity contribution is -0.148. The highest BCUT2D eigenvalue weighted by atomic mass is 33.1. The van der Waals surface area contributed by atoms with Gasteiger partial charge in [-0.05, 0) is 104 Å². The summed E-state index contributed by atoms with van der Waals surface area (Å²) in [5, 5.41) is 8.77. The highest BCUT2D eigenvalue weighted by Gasteiger charge is 2.59. The number of rotatable bonds is 12. The second-order valence-electron chi connectivity index (χ2n) is 14.2. The number of hydrogen-bond donors (Lipinski definition) is 1. The van der Waals surface area contributed by atoms with Gasteiger partial charge >= 0.3 is 11.9 Å². The Balaban J connectivity index is 1.35. The maximum atomic E-state index is 12.4. The molecule has 0 unspecified atom stereocenters. The smallest absolute Gasteiger partial charge is 0.317 e. The number of carbonyl (C=O) groups excluding carboxylic acids is 1. The van der Waals surface area contributed by atoms with E-state index in [4.69, 9.17) is 9.84 Å². The highest BCUT2D eigenvalue weighted by molar-refractivity contribution is 8.77. The van der Waals surface area contributed by atoms with Gasteiger partial charge in [0.2, 0.25) is 0 Å². The average Bonchev–Trinajstić information content (AvgIpc) is 3.24. The van der Waals surface area contributed by atoms with Gasteiger partial charge in [0, 0.05) is 6.42 Å². The fourth-order valence-corrected chi connectivity index (χ4v) is 11.3. The van der Waals surface area contributed by atoms with Crippen molar-refractivity contribution in [2.45, 2.75) is 118 Å². The van der Waals surface area contributed by atoms with Crippen LogP contribution >= 0.6 is 21.6 Å². The Morgan fingerprint density at radius 1 is 1.03 bits per heavy atom. The maximum absolute atomic E-state index is 12.4. The molecule has 0 bridgehead atoms. The summed E-state index contributed by atoms with van der Waals surface area (Å²) < 4.78 is 5.86. The topological polar surface area (TPSA) is 63.6 Å². The van der Waals surface area contributed by atoms with Gasteiger partial charge in [0.1, 0.15) is 17.6 Å². The SMILES string of the molecule is CC[C@H](CC[C@@H](C)[C@H]1CC[C@H]2[C@@H]3CC=C4C[C@@H](OC(=O)CSSCC(=O)O)CC[C@]4(C)[C@H]3CC[C@]12C)C(C)C. The number of carboxylic acid groups (broad SMARTS) is 1. The lowest BCUT2D eigenvalue weighted by atomic mass is 9.47. The van der Waals surface area contributed by atoms with Crippen molar-refractivity contribution in [3.8, 4) is 0 Å². The van der Waals surface area contributed by atoms with Crippen molar-refractivity contribution in [2.75, 3.05) is 11.5 Å². The molecule has 6 heteroatoms. The molecule has 0 spiro atoms. The minimum atomic E-state index is -0.854. The summed E-state index contributed by atoms with van der Waals surface area (Å²) >= 11 is 0. The average molecular weight is 579 g/mol. The van der Waals surface area contributed by atoms with E-state index in [0.29, 0.717) is 5.41 Å². The quantitative estimate of drug-likeness (QED) is 0.108. The third-order valence-electron chi connectivity index (χ3n) is 12.0. The molecule has 0 aromatic heterocycles. The largest absolute Gasteiger partial charge is 0.481 e. The van der Waals surface area contributed by atoms with Gasteiger partial charge in [-0.25, -0.2) is 0 Å². The van der Waals surface area contributed by atoms with E-state index in [-0.39, 0.29) is 29.0 Å². The molecule has 39 heavy (non-hydrogen) atoms. The Hall–Kier alpha value is -0.620. The molecular weight excluding hydrogens is 524 g/mol. The van der Waals surface area contributed by atoms with Crippen LogP contribution in [0.4, 0.5) is 0 Å². The van der Waals surface area contributed by atoms with Crippen molar-refractivity contribution < 1.29 is 19.4 Å². The predicted molar refractivity (Wildman–Crippen MR) is 165 cm³/mol. The van der Waals surface area contributed by atoms with Crippen molar-refractivity contribution in [1.29, 1.82) is 0 Å². The molecule has 0 aromatic carbocycles. The third-order valence-corrected chi connectivity index (χ3v) is 14.1. The third kappa shape index (κ3) is 6.73. The van der Waals surface area contributed by atoms with Crippen molar-refractivity contribution in [2.24, 2.45) is 52.3 Å². The normalized spacial score (nSPS) is 37.3. The van der Waals surface area contributed by atoms with Crippen LogP contribution in [0.2, 0.25) is 0 Å². The molecule has 4 aliphatic carbocycles. The number of esters is 1. The molecule has 0 aromatic rings. The van der Waals surface area contributed by atoms with Gasteiger partial charge in [-0.3, -0.25) is 9.59 Å². The van der Waals surface area contributed by atoms with Crippen LogP contribution in [0.25, 0.3) is 0 Å². The van der Waals surface area contributed by atoms with Gasteiger partial charge in [0.15, 0.2) is 0 Å². The van der Waals surface area contributed by atoms with Crippen LogP contribution in [0.15, 0.2) is 11.6 Å². The number of ether oxygens (including phenoxy) is 1. The van der Waals surface area contributed by atoms with E-state index in [2.05, 4.69) is 47.6 Å². The Morgan fingerprint density at radius 2 is 1.77 bits per heavy atom. The number of allylic oxidation sites excluding steroid dienone is 1. The lowest BCUT2D eigenvalue weighted by Gasteiger charge is -2.58. The van der Waals surface area contributed by atoms with Gasteiger partial charge < -0.3 is 9.84 Å². The molecule has 3 fully saturated rings. The Kier molecular flexibility index (Phi) is 10.5. The van der Waals surface area contributed by atoms with Gasteiger partial charge in [-0.2, -0.15) is 0 Å². The van der Waals surface area contributed by atoms with E-state index in [1.807, 2.05) is 0 Å². The molecule has 3 saturated carbocycles. The standard InChI is InChI=1S/C33H54O4S2/c1-7-23(21(2)3)9-8-22(4)27-12-13-28-26-11-10-24-18-25(37-31(36)20-39-38-19-30(34)35)14-16-32(24,5)29(26)15-17-33(27,28)6/h10,21-23,25-29H,7-9,11-20H2,1-6H3,(H,34,35)/t22-,23-,25+,26+,27-,28+,29+,32+,33-/m1/s1. The second kappa shape index (κ2) is 13.1. The summed E-state index contributed by atoms with van der Waals surface area (Å²) in [4.78, 5) is 23.1. The molecule has 0 aliphatic heterocycles. The minimum absolute atomic E-state index is 0.00628. The Labute approximate surface area is 246 Å². The zero-order valence-corrected chi connectivity index (χ0v) is 27.0. The molecule has 0 amide bonds. The van der Waals surface area contributed by atoms with Gasteiger partial charge in [-0.1, -0.05) is 87.6 Å². The number of carboxylic acids is 1. The summed E-state index contributed by atoms with van der Waals surface area (Å²) in [6.07, 6.45) is 16.4. The van der Waals surface area contributed by atoms with E-state index in [1.54, 1.807) is 5.57 Å². The van der Waals surface area contributed by atoms with E-state index >= 15 is 0 Å². The molecule has 1 N–H and O–H groups in total. The van der Waals surface area contributed by atoms with E-state index in [1.165, 1.54) is 73.0 Å². The monoisotopic (exact) mass is 578 g/mol. The first-order valence-electron chi connectivity index (χ1n) is 15.8. The highest BCUT2D eigenvalue weighted by Crippen LogP contribution is 2.67. The molecule has 0 radical (unpaired) electrons. The summed E-state index contributed by atoms with van der Waals surface area (Å²) in [5.74, 6) is 5.00. The van der Waals surface area contributed by atoms with Crippen molar-refractivity contribution in [1.82, 2.24) is 0 Å². The summed E-state index contributed by atoms with van der Waals surface area (Å²) in [6.45, 7) is 14.9. The van der Waals surface area contributed by atoms with Crippen LogP contribution < -0.4 is 0 Å². The van der Waals surface area contributed by atoms with Crippen molar-refractivity contribution in [3.63, 3.8) is 0 Å². The van der Waals surface area contributed by atoms with E-state index in [0.717, 1.165) is 60.7 Å². The number of aliphatic carboxylic acids is 1. The van der Waals surface area contributed by atoms with Crippen molar-refractivity contribution in [3.05, 3.63) is 11.6 Å². The first-order valence-corrected chi connectivity index (χ1v) is 18.3. The number of hydrogen-bond acceptors (Lipinski definition) is 5. The fraction of sp³-hybridized carbons (Fsp3) is 0.879. The van der Waals surface area contributed by atoms with Gasteiger partial charge in [0.25, 0.3) is 0 Å². The van der Waals surface area contributed by atoms with Gasteiger partial charge in [-0.15, -0.1) is 0 Å². The minimum Gasteiger partial charge on any atom is -0.481 e. The summed E-state index contributed by atoms with van der Waals surface area (Å²) in [7, 11) is 2.48. The van der Waals surface area contributed by atoms with Crippen LogP contribution in [-0.4, -0.2) is 34.7 Å². The van der Waals surface area contributed by atoms with Gasteiger partial charge in [0.05, 0.1) is 0 Å². The molecular formula is C33H54O4S2. The molecule has 222 valence electrons. The molecule has 9 atom stereocenters. The Bertz CT molecular complexity index is 902. The molecule has 4 nitrogen and oxygen atoms in total. The van der Waals surface area contributed by atoms with Crippen molar-refractivity contribution >= 4 is 33.5 Å². The molecule has 0 heterocycles. The maximum Gasteiger partial charge on any atom is 0.317 e. The van der Waals surface area contributed by atoms with Crippen LogP contribution in [0, 0.1) is 52.3 Å². The van der Waals surface area contributed by atoms with Crippen LogP contribution in [0.1, 0.15) is 112 Å².